The molecule has 37 heavy (non-hydrogen) atoms. The lowest BCUT2D eigenvalue weighted by Gasteiger charge is -2.38. The van der Waals surface area contributed by atoms with Gasteiger partial charge in [0.1, 0.15) is 22.4 Å². The number of nitrogens with one attached hydrogen (secondary N) is 1. The number of halogens is 1. The average Bonchev–Trinajstić information content (AvgIpc) is 3.19. The Morgan fingerprint density at radius 1 is 1.27 bits per heavy atom. The molecule has 3 heterocycles. The van der Waals surface area contributed by atoms with Gasteiger partial charge in [-0.15, -0.1) is 0 Å². The van der Waals surface area contributed by atoms with E-state index < -0.39 is 22.8 Å². The summed E-state index contributed by atoms with van der Waals surface area (Å²) in [4.78, 5) is 32.1. The summed E-state index contributed by atoms with van der Waals surface area (Å²) in [7, 11) is 3.52. The summed E-state index contributed by atoms with van der Waals surface area (Å²) in [5.74, 6) is -0.479. The molecule has 3 aromatic rings. The third kappa shape index (κ3) is 4.70. The number of fused-ring (bicyclic) bond motifs is 1. The molecule has 4 rings (SSSR count). The lowest BCUT2D eigenvalue weighted by molar-refractivity contribution is -0.190. The maximum atomic E-state index is 13.3. The summed E-state index contributed by atoms with van der Waals surface area (Å²) >= 11 is 6.07. The first-order chi connectivity index (χ1) is 17.2. The van der Waals surface area contributed by atoms with Crippen LogP contribution in [-0.4, -0.2) is 55.5 Å². The number of aryl methyl sites for hydroxylation is 1. The number of carbonyl (C=O) groups excluding carboxylic acids is 1. The standard InChI is InChI=1S/C26H31ClN6O4/c1-24(2,3)37-22(34)26(5)32(7)25(4,15-36-26)14-33-20-12-16(8-9-19(20)31(6)23(33)35)30-18-10-11-29-21(27)17(18)13-28/h8-12H,14-15H2,1-7H3,(H,29,30). The molecule has 2 atom stereocenters. The highest BCUT2D eigenvalue weighted by Gasteiger charge is 2.55. The molecule has 1 aromatic carbocycles. The fourth-order valence-corrected chi connectivity index (χ4v) is 4.71. The maximum Gasteiger partial charge on any atom is 0.354 e. The zero-order chi connectivity index (χ0) is 27.3. The third-order valence-corrected chi connectivity index (χ3v) is 7.12. The van der Waals surface area contributed by atoms with Crippen molar-refractivity contribution in [2.75, 3.05) is 19.0 Å². The molecule has 1 saturated heterocycles. The number of rotatable bonds is 5. The van der Waals surface area contributed by atoms with Gasteiger partial charge in [-0.3, -0.25) is 14.0 Å². The lowest BCUT2D eigenvalue weighted by atomic mass is 10.0. The number of likely N-dealkylation sites (N-methyl/N-ethyl adjacent to an activating group) is 1. The molecule has 1 aliphatic heterocycles. The van der Waals surface area contributed by atoms with Crippen molar-refractivity contribution in [3.63, 3.8) is 0 Å². The first kappa shape index (κ1) is 26.7. The van der Waals surface area contributed by atoms with E-state index in [1.807, 2.05) is 50.8 Å². The highest BCUT2D eigenvalue weighted by Crippen LogP contribution is 2.37. The number of pyridine rings is 1. The van der Waals surface area contributed by atoms with E-state index in [0.717, 1.165) is 5.52 Å². The van der Waals surface area contributed by atoms with E-state index >= 15 is 0 Å². The normalized spacial score (nSPS) is 22.2. The monoisotopic (exact) mass is 526 g/mol. The molecule has 0 aliphatic carbocycles. The van der Waals surface area contributed by atoms with Crippen molar-refractivity contribution >= 4 is 40.0 Å². The van der Waals surface area contributed by atoms with Crippen molar-refractivity contribution in [1.29, 1.82) is 5.26 Å². The van der Waals surface area contributed by atoms with E-state index in [9.17, 15) is 14.9 Å². The highest BCUT2D eigenvalue weighted by atomic mass is 35.5. The van der Waals surface area contributed by atoms with Gasteiger partial charge in [0.15, 0.2) is 0 Å². The van der Waals surface area contributed by atoms with E-state index in [1.165, 1.54) is 6.20 Å². The van der Waals surface area contributed by atoms with E-state index in [4.69, 9.17) is 21.1 Å². The molecule has 0 bridgehead atoms. The van der Waals surface area contributed by atoms with Crippen molar-refractivity contribution in [3.05, 3.63) is 51.7 Å². The van der Waals surface area contributed by atoms with Crippen molar-refractivity contribution in [2.45, 2.75) is 58.0 Å². The molecule has 0 spiro atoms. The predicted octanol–water partition coefficient (Wildman–Crippen LogP) is 3.78. The van der Waals surface area contributed by atoms with Crippen LogP contribution in [0.1, 0.15) is 40.2 Å². The molecule has 0 saturated carbocycles. The molecule has 1 aliphatic rings. The van der Waals surface area contributed by atoms with E-state index in [-0.39, 0.29) is 29.6 Å². The fourth-order valence-electron chi connectivity index (χ4n) is 4.51. The maximum absolute atomic E-state index is 13.3. The van der Waals surface area contributed by atoms with Crippen LogP contribution in [0.25, 0.3) is 11.0 Å². The van der Waals surface area contributed by atoms with Crippen molar-refractivity contribution < 1.29 is 14.3 Å². The molecule has 10 nitrogen and oxygen atoms in total. The number of anilines is 2. The van der Waals surface area contributed by atoms with Gasteiger partial charge >= 0.3 is 11.7 Å². The minimum absolute atomic E-state index is 0.107. The highest BCUT2D eigenvalue weighted by molar-refractivity contribution is 6.31. The van der Waals surface area contributed by atoms with Crippen molar-refractivity contribution in [1.82, 2.24) is 19.0 Å². The number of hydrogen-bond donors (Lipinski definition) is 1. The summed E-state index contributed by atoms with van der Waals surface area (Å²) in [6.07, 6.45) is 1.51. The molecule has 0 amide bonds. The summed E-state index contributed by atoms with van der Waals surface area (Å²) in [6.45, 7) is 9.56. The van der Waals surface area contributed by atoms with Gasteiger partial charge < -0.3 is 14.8 Å². The molecule has 0 radical (unpaired) electrons. The van der Waals surface area contributed by atoms with E-state index in [1.54, 1.807) is 36.2 Å². The first-order valence-electron chi connectivity index (χ1n) is 11.8. The van der Waals surface area contributed by atoms with Crippen LogP contribution in [0.5, 0.6) is 0 Å². The number of nitrogens with zero attached hydrogens (tertiary/aromatic N) is 5. The van der Waals surface area contributed by atoms with Crippen LogP contribution in [0, 0.1) is 11.3 Å². The first-order valence-corrected chi connectivity index (χ1v) is 12.2. The summed E-state index contributed by atoms with van der Waals surface area (Å²) < 4.78 is 14.9. The second kappa shape index (κ2) is 9.17. The molecule has 196 valence electrons. The minimum Gasteiger partial charge on any atom is -0.457 e. The van der Waals surface area contributed by atoms with Crippen LogP contribution in [0.3, 0.4) is 0 Å². The molecule has 1 fully saturated rings. The SMILES string of the molecule is CN1C(C)(Cn2c(=O)n(C)c3ccc(Nc4ccnc(Cl)c4C#N)cc32)COC1(C)C(=O)OC(C)(C)C. The summed E-state index contributed by atoms with van der Waals surface area (Å²) in [5, 5.41) is 12.8. The number of nitriles is 1. The van der Waals surface area contributed by atoms with Crippen LogP contribution in [0.2, 0.25) is 5.15 Å². The van der Waals surface area contributed by atoms with Crippen LogP contribution in [0.15, 0.2) is 35.3 Å². The quantitative estimate of drug-likeness (QED) is 0.394. The fraction of sp³-hybridized carbons (Fsp3) is 0.462. The Labute approximate surface area is 220 Å². The second-order valence-electron chi connectivity index (χ2n) is 10.7. The largest absolute Gasteiger partial charge is 0.457 e. The molecule has 1 N–H and O–H groups in total. The Balaban J connectivity index is 1.70. The Hall–Kier alpha value is -3.39. The van der Waals surface area contributed by atoms with E-state index in [0.29, 0.717) is 16.9 Å². The van der Waals surface area contributed by atoms with Gasteiger partial charge in [-0.25, -0.2) is 14.6 Å². The van der Waals surface area contributed by atoms with Crippen LogP contribution in [-0.2, 0) is 27.9 Å². The van der Waals surface area contributed by atoms with Gasteiger partial charge in [-0.05, 0) is 65.9 Å². The van der Waals surface area contributed by atoms with E-state index in [2.05, 4.69) is 16.4 Å². The zero-order valence-corrected chi connectivity index (χ0v) is 22.8. The lowest BCUT2D eigenvalue weighted by Crippen LogP contribution is -2.57. The zero-order valence-electron chi connectivity index (χ0n) is 22.0. The predicted molar refractivity (Wildman–Crippen MR) is 141 cm³/mol. The number of esters is 1. The number of aromatic nitrogens is 3. The van der Waals surface area contributed by atoms with Crippen molar-refractivity contribution in [2.24, 2.45) is 7.05 Å². The van der Waals surface area contributed by atoms with Gasteiger partial charge in [0.05, 0.1) is 28.9 Å². The second-order valence-corrected chi connectivity index (χ2v) is 11.1. The van der Waals surface area contributed by atoms with Gasteiger partial charge in [-0.2, -0.15) is 5.26 Å². The Morgan fingerprint density at radius 2 is 1.97 bits per heavy atom. The third-order valence-electron chi connectivity index (χ3n) is 6.83. The van der Waals surface area contributed by atoms with Crippen LogP contribution < -0.4 is 11.0 Å². The summed E-state index contributed by atoms with van der Waals surface area (Å²) in [6, 6.07) is 9.24. The van der Waals surface area contributed by atoms with Crippen LogP contribution in [0.4, 0.5) is 11.4 Å². The number of carbonyl (C=O) groups is 1. The molecule has 2 unspecified atom stereocenters. The number of imidazole rings is 1. The number of ether oxygens (including phenoxy) is 2. The molecular weight excluding hydrogens is 496 g/mol. The van der Waals surface area contributed by atoms with Gasteiger partial charge in [0.25, 0.3) is 0 Å². The minimum atomic E-state index is -1.29. The molecule has 2 aromatic heterocycles. The topological polar surface area (TPSA) is 114 Å². The Kier molecular flexibility index (Phi) is 6.61. The van der Waals surface area contributed by atoms with Gasteiger partial charge in [0.2, 0.25) is 5.72 Å². The Bertz CT molecular complexity index is 1480. The van der Waals surface area contributed by atoms with Crippen LogP contribution >= 0.6 is 11.6 Å². The smallest absolute Gasteiger partial charge is 0.354 e. The van der Waals surface area contributed by atoms with Gasteiger partial charge in [-0.1, -0.05) is 11.6 Å². The molecule has 11 heteroatoms. The Morgan fingerprint density at radius 3 is 2.62 bits per heavy atom. The average molecular weight is 527 g/mol. The van der Waals surface area contributed by atoms with Crippen molar-refractivity contribution in [3.8, 4) is 6.07 Å². The van der Waals surface area contributed by atoms with Gasteiger partial charge in [0, 0.05) is 25.5 Å². The summed E-state index contributed by atoms with van der Waals surface area (Å²) in [5.41, 5.74) is 0.00754. The number of benzene rings is 1. The molecular formula is C26H31ClN6O4. The number of hydrogen-bond acceptors (Lipinski definition) is 8.